The van der Waals surface area contributed by atoms with E-state index < -0.39 is 11.7 Å². The van der Waals surface area contributed by atoms with Crippen molar-refractivity contribution < 1.29 is 22.4 Å². The van der Waals surface area contributed by atoms with Crippen LogP contribution in [0.1, 0.15) is 28.8 Å². The highest BCUT2D eigenvalue weighted by Crippen LogP contribution is 2.71. The molecule has 1 aliphatic heterocycles. The maximum atomic E-state index is 13.5. The van der Waals surface area contributed by atoms with Crippen LogP contribution >= 0.6 is 0 Å². The number of aromatic nitrogens is 3. The van der Waals surface area contributed by atoms with Crippen molar-refractivity contribution in [1.82, 2.24) is 19.9 Å². The zero-order valence-corrected chi connectivity index (χ0v) is 16.7. The molecule has 1 spiro atoms. The van der Waals surface area contributed by atoms with E-state index in [1.807, 2.05) is 4.90 Å². The van der Waals surface area contributed by atoms with Gasteiger partial charge in [-0.1, -0.05) is 0 Å². The standard InChI is InChI=1S/C22H18F3N5O2/c23-22(24,25)12-3-4-16(28-10-12)29-15-9-21-8-13(21)11-30(18(15)21)20(31)14-2-1-5-26-17(14)19-27-6-7-32-19/h1-7,10,13,15,18H,8-9,11H2,(H,28,29). The van der Waals surface area contributed by atoms with E-state index in [2.05, 4.69) is 20.3 Å². The smallest absolute Gasteiger partial charge is 0.417 e. The fourth-order valence-electron chi connectivity index (χ4n) is 5.44. The number of oxazole rings is 1. The molecule has 2 saturated carbocycles. The van der Waals surface area contributed by atoms with Crippen molar-refractivity contribution in [3.8, 4) is 11.6 Å². The summed E-state index contributed by atoms with van der Waals surface area (Å²) in [5, 5.41) is 3.24. The van der Waals surface area contributed by atoms with Gasteiger partial charge in [0.05, 0.1) is 23.4 Å². The number of carbonyl (C=O) groups excluding carboxylic acids is 1. The second-order valence-corrected chi connectivity index (χ2v) is 8.66. The molecule has 6 rings (SSSR count). The fraction of sp³-hybridized carbons (Fsp3) is 0.364. The molecule has 1 N–H and O–H groups in total. The first-order chi connectivity index (χ1) is 15.4. The van der Waals surface area contributed by atoms with E-state index in [4.69, 9.17) is 4.42 Å². The first-order valence-corrected chi connectivity index (χ1v) is 10.3. The highest BCUT2D eigenvalue weighted by atomic mass is 19.4. The van der Waals surface area contributed by atoms with Crippen molar-refractivity contribution >= 4 is 11.7 Å². The number of rotatable bonds is 4. The molecule has 2 aliphatic carbocycles. The van der Waals surface area contributed by atoms with E-state index in [-0.39, 0.29) is 29.3 Å². The van der Waals surface area contributed by atoms with Gasteiger partial charge in [0.25, 0.3) is 5.91 Å². The van der Waals surface area contributed by atoms with Gasteiger partial charge >= 0.3 is 6.18 Å². The third-order valence-electron chi connectivity index (χ3n) is 6.96. The average Bonchev–Trinajstić information content (AvgIpc) is 3.14. The lowest BCUT2D eigenvalue weighted by atomic mass is 9.71. The largest absolute Gasteiger partial charge is 0.443 e. The van der Waals surface area contributed by atoms with Crippen LogP contribution in [0, 0.1) is 11.3 Å². The maximum Gasteiger partial charge on any atom is 0.417 e. The molecule has 164 valence electrons. The Balaban J connectivity index is 1.24. The minimum Gasteiger partial charge on any atom is -0.443 e. The third-order valence-corrected chi connectivity index (χ3v) is 6.96. The number of anilines is 1. The second kappa shape index (κ2) is 6.54. The molecule has 0 radical (unpaired) electrons. The third kappa shape index (κ3) is 2.81. The van der Waals surface area contributed by atoms with E-state index in [0.29, 0.717) is 29.5 Å². The molecular weight excluding hydrogens is 423 g/mol. The normalized spacial score (nSPS) is 28.0. The minimum absolute atomic E-state index is 0.0401. The van der Waals surface area contributed by atoms with E-state index in [9.17, 15) is 18.0 Å². The molecule has 3 aromatic heterocycles. The number of hydrogen-bond acceptors (Lipinski definition) is 6. The molecule has 4 atom stereocenters. The Bertz CT molecular complexity index is 1180. The number of likely N-dealkylation sites (tertiary alicyclic amines) is 1. The number of halogens is 3. The SMILES string of the molecule is O=C(c1cccnc1-c1ncco1)N1CC2CC23CC(Nc2ccc(C(F)(F)F)cn2)C13. The predicted octanol–water partition coefficient (Wildman–Crippen LogP) is 3.87. The van der Waals surface area contributed by atoms with Crippen LogP contribution in [0.5, 0.6) is 0 Å². The number of piperidine rings is 1. The molecule has 10 heteroatoms. The molecule has 4 heterocycles. The molecule has 3 aromatic rings. The van der Waals surface area contributed by atoms with Crippen molar-refractivity contribution in [3.05, 3.63) is 60.2 Å². The van der Waals surface area contributed by atoms with Gasteiger partial charge in [-0.05, 0) is 48.4 Å². The Kier molecular flexibility index (Phi) is 3.94. The zero-order chi connectivity index (χ0) is 22.1. The van der Waals surface area contributed by atoms with Crippen molar-refractivity contribution in [2.45, 2.75) is 31.1 Å². The lowest BCUT2D eigenvalue weighted by Gasteiger charge is -2.48. The number of carbonyl (C=O) groups is 1. The van der Waals surface area contributed by atoms with Crippen molar-refractivity contribution in [2.75, 3.05) is 11.9 Å². The van der Waals surface area contributed by atoms with Gasteiger partial charge < -0.3 is 14.6 Å². The first kappa shape index (κ1) is 19.3. The Labute approximate surface area is 180 Å². The van der Waals surface area contributed by atoms with Gasteiger partial charge in [0.2, 0.25) is 5.89 Å². The molecule has 3 fully saturated rings. The van der Waals surface area contributed by atoms with Crippen LogP contribution in [-0.2, 0) is 6.18 Å². The lowest BCUT2D eigenvalue weighted by Crippen LogP contribution is -2.60. The summed E-state index contributed by atoms with van der Waals surface area (Å²) in [4.78, 5) is 27.7. The van der Waals surface area contributed by atoms with Crippen molar-refractivity contribution in [3.63, 3.8) is 0 Å². The van der Waals surface area contributed by atoms with Gasteiger partial charge in [-0.25, -0.2) is 9.97 Å². The Morgan fingerprint density at radius 2 is 2.03 bits per heavy atom. The van der Waals surface area contributed by atoms with E-state index in [1.54, 1.807) is 18.3 Å². The number of hydrogen-bond donors (Lipinski definition) is 1. The molecule has 3 aliphatic rings. The van der Waals surface area contributed by atoms with Crippen molar-refractivity contribution in [2.24, 2.45) is 11.3 Å². The summed E-state index contributed by atoms with van der Waals surface area (Å²) < 4.78 is 43.8. The van der Waals surface area contributed by atoms with Crippen molar-refractivity contribution in [1.29, 1.82) is 0 Å². The Morgan fingerprint density at radius 1 is 1.16 bits per heavy atom. The lowest BCUT2D eigenvalue weighted by molar-refractivity contribution is -0.137. The van der Waals surface area contributed by atoms with Gasteiger partial charge in [-0.3, -0.25) is 9.78 Å². The Morgan fingerprint density at radius 3 is 2.75 bits per heavy atom. The monoisotopic (exact) mass is 441 g/mol. The molecule has 0 aromatic carbocycles. The van der Waals surface area contributed by atoms with Gasteiger partial charge in [-0.2, -0.15) is 13.2 Å². The number of nitrogens with zero attached hydrogens (tertiary/aromatic N) is 4. The summed E-state index contributed by atoms with van der Waals surface area (Å²) in [6, 6.07) is 5.65. The maximum absolute atomic E-state index is 13.5. The molecule has 32 heavy (non-hydrogen) atoms. The van der Waals surface area contributed by atoms with E-state index in [0.717, 1.165) is 25.1 Å². The summed E-state index contributed by atoms with van der Waals surface area (Å²) >= 11 is 0. The van der Waals surface area contributed by atoms with Crippen LogP contribution in [0.4, 0.5) is 19.0 Å². The molecule has 7 nitrogen and oxygen atoms in total. The molecule has 4 unspecified atom stereocenters. The van der Waals surface area contributed by atoms with Gasteiger partial charge in [0, 0.05) is 25.0 Å². The average molecular weight is 441 g/mol. The highest BCUT2D eigenvalue weighted by Gasteiger charge is 2.75. The van der Waals surface area contributed by atoms with Crippen LogP contribution in [0.3, 0.4) is 0 Å². The summed E-state index contributed by atoms with van der Waals surface area (Å²) in [6.45, 7) is 0.655. The number of pyridine rings is 2. The van der Waals surface area contributed by atoms with Gasteiger partial charge in [-0.15, -0.1) is 0 Å². The molecule has 1 amide bonds. The molecular formula is C22H18F3N5O2. The second-order valence-electron chi connectivity index (χ2n) is 8.66. The fourth-order valence-corrected chi connectivity index (χ4v) is 5.44. The minimum atomic E-state index is -4.42. The summed E-state index contributed by atoms with van der Waals surface area (Å²) in [6.07, 6.45) is 2.86. The molecule has 1 saturated heterocycles. The van der Waals surface area contributed by atoms with Crippen LogP contribution in [-0.4, -0.2) is 44.4 Å². The summed E-state index contributed by atoms with van der Waals surface area (Å²) in [7, 11) is 0. The number of alkyl halides is 3. The quantitative estimate of drug-likeness (QED) is 0.662. The topological polar surface area (TPSA) is 84.2 Å². The van der Waals surface area contributed by atoms with Gasteiger partial charge in [0.15, 0.2) is 0 Å². The van der Waals surface area contributed by atoms with Crippen LogP contribution in [0.15, 0.2) is 53.5 Å². The summed E-state index contributed by atoms with van der Waals surface area (Å²) in [5.41, 5.74) is 0.128. The zero-order valence-electron chi connectivity index (χ0n) is 16.7. The van der Waals surface area contributed by atoms with E-state index in [1.165, 1.54) is 18.5 Å². The van der Waals surface area contributed by atoms with Gasteiger partial charge in [0.1, 0.15) is 17.8 Å². The predicted molar refractivity (Wildman–Crippen MR) is 106 cm³/mol. The number of nitrogens with one attached hydrogen (secondary N) is 1. The number of amides is 1. The van der Waals surface area contributed by atoms with Crippen LogP contribution < -0.4 is 5.32 Å². The van der Waals surface area contributed by atoms with Crippen LogP contribution in [0.25, 0.3) is 11.6 Å². The first-order valence-electron chi connectivity index (χ1n) is 10.3. The Hall–Kier alpha value is -3.43. The van der Waals surface area contributed by atoms with Crippen LogP contribution in [0.2, 0.25) is 0 Å². The summed E-state index contributed by atoms with van der Waals surface area (Å²) in [5.74, 6) is 0.966. The van der Waals surface area contributed by atoms with E-state index >= 15 is 0 Å². The highest BCUT2D eigenvalue weighted by molar-refractivity contribution is 5.99. The molecule has 0 bridgehead atoms.